The number of amides is 1. The highest BCUT2D eigenvalue weighted by Gasteiger charge is 2.33. The van der Waals surface area contributed by atoms with Gasteiger partial charge in [-0.15, -0.1) is 10.2 Å². The molecule has 0 bridgehead atoms. The number of aromatic nitrogens is 3. The second kappa shape index (κ2) is 6.33. The van der Waals surface area contributed by atoms with E-state index in [1.165, 1.54) is 18.5 Å². The molecular weight excluding hydrogens is 300 g/mol. The second-order valence-electron chi connectivity index (χ2n) is 5.65. The molecule has 1 saturated heterocycles. The van der Waals surface area contributed by atoms with Crippen LogP contribution in [0.5, 0.6) is 5.75 Å². The van der Waals surface area contributed by atoms with E-state index in [4.69, 9.17) is 9.15 Å². The van der Waals surface area contributed by atoms with E-state index in [1.807, 2.05) is 13.8 Å². The predicted molar refractivity (Wildman–Crippen MR) is 78.9 cm³/mol. The lowest BCUT2D eigenvalue weighted by molar-refractivity contribution is -0.0108. The van der Waals surface area contributed by atoms with Gasteiger partial charge in [0.1, 0.15) is 11.8 Å². The minimum Gasteiger partial charge on any atom is -0.506 e. The van der Waals surface area contributed by atoms with E-state index in [2.05, 4.69) is 15.2 Å². The normalized spacial score (nSPS) is 18.4. The summed E-state index contributed by atoms with van der Waals surface area (Å²) in [4.78, 5) is 18.2. The van der Waals surface area contributed by atoms with E-state index in [0.717, 1.165) is 0 Å². The van der Waals surface area contributed by atoms with Gasteiger partial charge >= 0.3 is 0 Å². The van der Waals surface area contributed by atoms with Gasteiger partial charge in [-0.25, -0.2) is 0 Å². The summed E-state index contributed by atoms with van der Waals surface area (Å²) in [6.45, 7) is 5.03. The van der Waals surface area contributed by atoms with E-state index in [-0.39, 0.29) is 24.2 Å². The maximum atomic E-state index is 12.7. The summed E-state index contributed by atoms with van der Waals surface area (Å²) in [6.07, 6.45) is 2.70. The molecule has 3 rings (SSSR count). The van der Waals surface area contributed by atoms with Crippen LogP contribution in [-0.4, -0.2) is 50.9 Å². The second-order valence-corrected chi connectivity index (χ2v) is 5.65. The molecule has 1 aliphatic heterocycles. The molecule has 1 atom stereocenters. The Bertz CT molecular complexity index is 700. The fourth-order valence-electron chi connectivity index (χ4n) is 2.38. The van der Waals surface area contributed by atoms with Gasteiger partial charge in [0, 0.05) is 18.7 Å². The highest BCUT2D eigenvalue weighted by Crippen LogP contribution is 2.27. The molecule has 8 heteroatoms. The topological polar surface area (TPSA) is 102 Å². The number of aromatic hydroxyl groups is 1. The first-order chi connectivity index (χ1) is 11.1. The third-order valence-corrected chi connectivity index (χ3v) is 3.60. The molecule has 1 amide bonds. The quantitative estimate of drug-likeness (QED) is 0.915. The summed E-state index contributed by atoms with van der Waals surface area (Å²) < 4.78 is 11.1. The molecule has 23 heavy (non-hydrogen) atoms. The van der Waals surface area contributed by atoms with Crippen LogP contribution in [0, 0.1) is 0 Å². The standard InChI is InChI=1S/C15H18N4O4/c1-9(2)13-17-18-14(23-13)12-8-22-4-3-19(12)15(21)10-5-11(20)7-16-6-10/h5-7,9,12,20H,3-4,8H2,1-2H3/t12-/m0/s1. The molecular formula is C15H18N4O4. The Kier molecular flexibility index (Phi) is 4.24. The van der Waals surface area contributed by atoms with E-state index in [0.29, 0.717) is 30.5 Å². The Morgan fingerprint density at radius 1 is 1.39 bits per heavy atom. The molecule has 0 aromatic carbocycles. The Hall–Kier alpha value is -2.48. The van der Waals surface area contributed by atoms with E-state index in [1.54, 1.807) is 4.90 Å². The van der Waals surface area contributed by atoms with Gasteiger partial charge < -0.3 is 19.2 Å². The minimum absolute atomic E-state index is 0.0551. The van der Waals surface area contributed by atoms with Gasteiger partial charge in [-0.2, -0.15) is 0 Å². The first-order valence-electron chi connectivity index (χ1n) is 7.42. The van der Waals surface area contributed by atoms with Crippen molar-refractivity contribution < 1.29 is 19.1 Å². The Labute approximate surface area is 133 Å². The lowest BCUT2D eigenvalue weighted by Gasteiger charge is -2.33. The van der Waals surface area contributed by atoms with Crippen LogP contribution in [0.1, 0.15) is 47.9 Å². The molecule has 0 saturated carbocycles. The number of hydrogen-bond donors (Lipinski definition) is 1. The van der Waals surface area contributed by atoms with Gasteiger partial charge in [0.15, 0.2) is 0 Å². The molecule has 0 unspecified atom stereocenters. The van der Waals surface area contributed by atoms with Crippen LogP contribution < -0.4 is 0 Å². The largest absolute Gasteiger partial charge is 0.506 e. The van der Waals surface area contributed by atoms with Gasteiger partial charge in [0.2, 0.25) is 11.8 Å². The summed E-state index contributed by atoms with van der Waals surface area (Å²) in [7, 11) is 0. The fraction of sp³-hybridized carbons (Fsp3) is 0.467. The number of carbonyl (C=O) groups excluding carboxylic acids is 1. The zero-order chi connectivity index (χ0) is 16.4. The van der Waals surface area contributed by atoms with Crippen LogP contribution in [0.15, 0.2) is 22.9 Å². The fourth-order valence-corrected chi connectivity index (χ4v) is 2.38. The van der Waals surface area contributed by atoms with Gasteiger partial charge in [-0.3, -0.25) is 9.78 Å². The van der Waals surface area contributed by atoms with Gasteiger partial charge in [-0.1, -0.05) is 13.8 Å². The maximum Gasteiger partial charge on any atom is 0.256 e. The average Bonchev–Trinajstić information content (AvgIpc) is 3.04. The van der Waals surface area contributed by atoms with Crippen LogP contribution >= 0.6 is 0 Å². The van der Waals surface area contributed by atoms with Crippen molar-refractivity contribution in [1.29, 1.82) is 0 Å². The lowest BCUT2D eigenvalue weighted by Crippen LogP contribution is -2.43. The Balaban J connectivity index is 1.87. The van der Waals surface area contributed by atoms with Crippen molar-refractivity contribution in [1.82, 2.24) is 20.1 Å². The van der Waals surface area contributed by atoms with Gasteiger partial charge in [0.25, 0.3) is 5.91 Å². The molecule has 1 aliphatic rings. The van der Waals surface area contributed by atoms with E-state index in [9.17, 15) is 9.90 Å². The Morgan fingerprint density at radius 3 is 2.91 bits per heavy atom. The highest BCUT2D eigenvalue weighted by atomic mass is 16.5. The van der Waals surface area contributed by atoms with Crippen molar-refractivity contribution >= 4 is 5.91 Å². The first kappa shape index (κ1) is 15.4. The number of hydrogen-bond acceptors (Lipinski definition) is 7. The first-order valence-corrected chi connectivity index (χ1v) is 7.42. The van der Waals surface area contributed by atoms with Crippen LogP contribution in [0.25, 0.3) is 0 Å². The van der Waals surface area contributed by atoms with E-state index >= 15 is 0 Å². The third-order valence-electron chi connectivity index (χ3n) is 3.60. The molecule has 8 nitrogen and oxygen atoms in total. The predicted octanol–water partition coefficient (Wildman–Crippen LogP) is 1.51. The number of nitrogens with zero attached hydrogens (tertiary/aromatic N) is 4. The van der Waals surface area contributed by atoms with Crippen molar-refractivity contribution in [3.05, 3.63) is 35.8 Å². The van der Waals surface area contributed by atoms with Gasteiger partial charge in [-0.05, 0) is 6.07 Å². The lowest BCUT2D eigenvalue weighted by atomic mass is 10.1. The molecule has 1 fully saturated rings. The van der Waals surface area contributed by atoms with Gasteiger partial charge in [0.05, 0.1) is 25.0 Å². The zero-order valence-electron chi connectivity index (χ0n) is 13.0. The number of carbonyl (C=O) groups is 1. The number of morpholine rings is 1. The summed E-state index contributed by atoms with van der Waals surface area (Å²) in [5.41, 5.74) is 0.306. The molecule has 0 aliphatic carbocycles. The van der Waals surface area contributed by atoms with E-state index < -0.39 is 6.04 Å². The SMILES string of the molecule is CC(C)c1nnc([C@@H]2COCCN2C(=O)c2cncc(O)c2)o1. The summed E-state index contributed by atoms with van der Waals surface area (Å²) in [5.74, 6) is 0.679. The molecule has 2 aromatic rings. The van der Waals surface area contributed by atoms with Crippen molar-refractivity contribution in [2.45, 2.75) is 25.8 Å². The number of ether oxygens (including phenoxy) is 1. The summed E-state index contributed by atoms with van der Waals surface area (Å²) in [6, 6.07) is 0.938. The molecule has 0 radical (unpaired) electrons. The number of pyridine rings is 1. The Morgan fingerprint density at radius 2 is 2.22 bits per heavy atom. The van der Waals surface area contributed by atoms with Crippen molar-refractivity contribution in [2.24, 2.45) is 0 Å². The zero-order valence-corrected chi connectivity index (χ0v) is 13.0. The van der Waals surface area contributed by atoms with Crippen LogP contribution in [-0.2, 0) is 4.74 Å². The van der Waals surface area contributed by atoms with Crippen LogP contribution in [0.3, 0.4) is 0 Å². The van der Waals surface area contributed by atoms with Crippen LogP contribution in [0.4, 0.5) is 0 Å². The molecule has 2 aromatic heterocycles. The minimum atomic E-state index is -0.446. The molecule has 3 heterocycles. The third kappa shape index (κ3) is 3.16. The summed E-state index contributed by atoms with van der Waals surface area (Å²) in [5, 5.41) is 17.6. The van der Waals surface area contributed by atoms with Crippen LogP contribution in [0.2, 0.25) is 0 Å². The monoisotopic (exact) mass is 318 g/mol. The van der Waals surface area contributed by atoms with Crippen molar-refractivity contribution in [3.63, 3.8) is 0 Å². The highest BCUT2D eigenvalue weighted by molar-refractivity contribution is 5.94. The molecule has 1 N–H and O–H groups in total. The maximum absolute atomic E-state index is 12.7. The average molecular weight is 318 g/mol. The van der Waals surface area contributed by atoms with Crippen molar-refractivity contribution in [3.8, 4) is 5.75 Å². The van der Waals surface area contributed by atoms with Crippen molar-refractivity contribution in [2.75, 3.05) is 19.8 Å². The summed E-state index contributed by atoms with van der Waals surface area (Å²) >= 11 is 0. The smallest absolute Gasteiger partial charge is 0.256 e. The molecule has 122 valence electrons. The molecule has 0 spiro atoms. The number of rotatable bonds is 3.